The molecule has 0 amide bonds. The summed E-state index contributed by atoms with van der Waals surface area (Å²) in [6.45, 7) is 3.95. The molecule has 0 radical (unpaired) electrons. The Bertz CT molecular complexity index is 216. The molecule has 3 aliphatic rings. The minimum absolute atomic E-state index is 0.0555. The fourth-order valence-corrected chi connectivity index (χ4v) is 2.72. The third-order valence-electron chi connectivity index (χ3n) is 3.85. The van der Waals surface area contributed by atoms with Gasteiger partial charge in [-0.1, -0.05) is 0 Å². The van der Waals surface area contributed by atoms with Crippen LogP contribution in [0.2, 0.25) is 0 Å². The van der Waals surface area contributed by atoms with E-state index in [0.717, 1.165) is 19.3 Å². The van der Waals surface area contributed by atoms with E-state index in [1.54, 1.807) is 0 Å². The maximum Gasteiger partial charge on any atom is 0.0921 e. The molecule has 1 saturated carbocycles. The van der Waals surface area contributed by atoms with E-state index in [4.69, 9.17) is 4.74 Å². The third-order valence-corrected chi connectivity index (χ3v) is 3.85. The van der Waals surface area contributed by atoms with Gasteiger partial charge < -0.3 is 14.9 Å². The Morgan fingerprint density at radius 2 is 2.15 bits per heavy atom. The number of aliphatic hydroxyl groups excluding tert-OH is 2. The van der Waals surface area contributed by atoms with Crippen molar-refractivity contribution < 1.29 is 14.9 Å². The Labute approximate surface area is 78.7 Å². The average Bonchev–Trinajstić information content (AvgIpc) is 2.08. The molecule has 3 heteroatoms. The quantitative estimate of drug-likeness (QED) is 0.633. The van der Waals surface area contributed by atoms with Crippen molar-refractivity contribution in [1.29, 1.82) is 0 Å². The second-order valence-corrected chi connectivity index (χ2v) is 4.87. The van der Waals surface area contributed by atoms with Gasteiger partial charge in [0, 0.05) is 0 Å². The molecule has 2 aliphatic heterocycles. The summed E-state index contributed by atoms with van der Waals surface area (Å²) in [5, 5.41) is 19.0. The molecule has 3 fully saturated rings. The molecule has 13 heavy (non-hydrogen) atoms. The first-order chi connectivity index (χ1) is 6.00. The molecular formula is C10H18O3. The van der Waals surface area contributed by atoms with Crippen LogP contribution in [0.3, 0.4) is 0 Å². The highest BCUT2D eigenvalue weighted by Gasteiger charge is 2.55. The lowest BCUT2D eigenvalue weighted by atomic mass is 9.67. The molecule has 3 nitrogen and oxygen atoms in total. The van der Waals surface area contributed by atoms with Crippen molar-refractivity contribution in [3.63, 3.8) is 0 Å². The lowest BCUT2D eigenvalue weighted by molar-refractivity contribution is -0.288. The predicted molar refractivity (Wildman–Crippen MR) is 48.3 cm³/mol. The summed E-state index contributed by atoms with van der Waals surface area (Å²) in [7, 11) is 0. The summed E-state index contributed by atoms with van der Waals surface area (Å²) in [6, 6.07) is 0. The topological polar surface area (TPSA) is 49.7 Å². The van der Waals surface area contributed by atoms with Gasteiger partial charge in [0.15, 0.2) is 0 Å². The first-order valence-electron chi connectivity index (χ1n) is 4.99. The molecule has 4 unspecified atom stereocenters. The highest BCUT2D eigenvalue weighted by Crippen LogP contribution is 2.49. The van der Waals surface area contributed by atoms with Crippen molar-refractivity contribution in [1.82, 2.24) is 0 Å². The monoisotopic (exact) mass is 186 g/mol. The van der Waals surface area contributed by atoms with Crippen LogP contribution in [0, 0.1) is 5.92 Å². The van der Waals surface area contributed by atoms with E-state index in [2.05, 4.69) is 0 Å². The largest absolute Gasteiger partial charge is 0.393 e. The second-order valence-electron chi connectivity index (χ2n) is 4.87. The van der Waals surface area contributed by atoms with Gasteiger partial charge in [0.1, 0.15) is 0 Å². The molecule has 2 N–H and O–H groups in total. The van der Waals surface area contributed by atoms with Gasteiger partial charge in [0.05, 0.1) is 23.9 Å². The van der Waals surface area contributed by atoms with Gasteiger partial charge in [-0.3, -0.25) is 0 Å². The van der Waals surface area contributed by atoms with Gasteiger partial charge in [0.2, 0.25) is 0 Å². The van der Waals surface area contributed by atoms with E-state index >= 15 is 0 Å². The Kier molecular flexibility index (Phi) is 1.95. The molecule has 2 bridgehead atoms. The van der Waals surface area contributed by atoms with Gasteiger partial charge in [-0.2, -0.15) is 0 Å². The van der Waals surface area contributed by atoms with Crippen LogP contribution < -0.4 is 0 Å². The van der Waals surface area contributed by atoms with E-state index in [9.17, 15) is 10.2 Å². The van der Waals surface area contributed by atoms with E-state index in [1.165, 1.54) is 0 Å². The average molecular weight is 186 g/mol. The van der Waals surface area contributed by atoms with Crippen LogP contribution in [0.25, 0.3) is 0 Å². The minimum Gasteiger partial charge on any atom is -0.393 e. The smallest absolute Gasteiger partial charge is 0.0921 e. The zero-order valence-corrected chi connectivity index (χ0v) is 8.29. The molecule has 0 aromatic carbocycles. The molecule has 2 saturated heterocycles. The maximum absolute atomic E-state index is 9.78. The van der Waals surface area contributed by atoms with Crippen molar-refractivity contribution in [3.8, 4) is 0 Å². The number of aliphatic hydroxyl groups is 2. The Morgan fingerprint density at radius 1 is 1.46 bits per heavy atom. The zero-order valence-electron chi connectivity index (χ0n) is 8.29. The van der Waals surface area contributed by atoms with Crippen LogP contribution in [-0.4, -0.2) is 34.1 Å². The van der Waals surface area contributed by atoms with Crippen LogP contribution in [0.5, 0.6) is 0 Å². The summed E-state index contributed by atoms with van der Waals surface area (Å²) < 4.78 is 5.82. The first kappa shape index (κ1) is 9.44. The number of hydrogen-bond donors (Lipinski definition) is 2. The minimum atomic E-state index is -0.424. The highest BCUT2D eigenvalue weighted by atomic mass is 16.5. The lowest BCUT2D eigenvalue weighted by Gasteiger charge is -2.56. The molecule has 3 rings (SSSR count). The normalized spacial score (nSPS) is 55.4. The SMILES string of the molecule is CC12CCC(CC1O)C(C)(CO)O2. The molecule has 4 atom stereocenters. The van der Waals surface area contributed by atoms with E-state index < -0.39 is 11.2 Å². The summed E-state index contributed by atoms with van der Waals surface area (Å²) in [6.07, 6.45) is 2.39. The summed E-state index contributed by atoms with van der Waals surface area (Å²) in [5.74, 6) is 0.314. The molecule has 76 valence electrons. The van der Waals surface area contributed by atoms with Crippen LogP contribution >= 0.6 is 0 Å². The summed E-state index contributed by atoms with van der Waals surface area (Å²) in [5.41, 5.74) is -0.849. The zero-order chi connectivity index (χ0) is 9.69. The molecule has 0 aromatic rings. The Morgan fingerprint density at radius 3 is 2.62 bits per heavy atom. The third kappa shape index (κ3) is 1.22. The van der Waals surface area contributed by atoms with Crippen molar-refractivity contribution in [2.75, 3.05) is 6.61 Å². The van der Waals surface area contributed by atoms with Crippen molar-refractivity contribution >= 4 is 0 Å². The van der Waals surface area contributed by atoms with Crippen molar-refractivity contribution in [2.24, 2.45) is 5.92 Å². The van der Waals surface area contributed by atoms with E-state index in [1.807, 2.05) is 13.8 Å². The highest BCUT2D eigenvalue weighted by molar-refractivity contribution is 5.04. The standard InChI is InChI=1S/C10H18O3/c1-9-4-3-7(5-8(9)12)10(2,6-11)13-9/h7-8,11-12H,3-6H2,1-2H3. The predicted octanol–water partition coefficient (Wildman–Crippen LogP) is 0.687. The second kappa shape index (κ2) is 2.69. The number of fused-ring (bicyclic) bond motifs is 3. The van der Waals surface area contributed by atoms with Gasteiger partial charge in [0.25, 0.3) is 0 Å². The number of ether oxygens (including phenoxy) is 1. The number of hydrogen-bond acceptors (Lipinski definition) is 3. The van der Waals surface area contributed by atoms with Crippen molar-refractivity contribution in [3.05, 3.63) is 0 Å². The van der Waals surface area contributed by atoms with Crippen LogP contribution in [0.4, 0.5) is 0 Å². The van der Waals surface area contributed by atoms with Gasteiger partial charge >= 0.3 is 0 Å². The lowest BCUT2D eigenvalue weighted by Crippen LogP contribution is -2.63. The van der Waals surface area contributed by atoms with Gasteiger partial charge in [-0.15, -0.1) is 0 Å². The maximum atomic E-state index is 9.78. The Balaban J connectivity index is 2.25. The van der Waals surface area contributed by atoms with Crippen molar-refractivity contribution in [2.45, 2.75) is 50.4 Å². The van der Waals surface area contributed by atoms with Crippen LogP contribution in [-0.2, 0) is 4.74 Å². The fraction of sp³-hybridized carbons (Fsp3) is 1.00. The Hall–Kier alpha value is -0.120. The molecule has 0 spiro atoms. The molecule has 1 aliphatic carbocycles. The van der Waals surface area contributed by atoms with Crippen LogP contribution in [0.1, 0.15) is 33.1 Å². The van der Waals surface area contributed by atoms with Crippen LogP contribution in [0.15, 0.2) is 0 Å². The summed E-state index contributed by atoms with van der Waals surface area (Å²) >= 11 is 0. The van der Waals surface area contributed by atoms with E-state index in [-0.39, 0.29) is 12.7 Å². The summed E-state index contributed by atoms with van der Waals surface area (Å²) in [4.78, 5) is 0. The van der Waals surface area contributed by atoms with E-state index in [0.29, 0.717) is 5.92 Å². The molecular weight excluding hydrogens is 168 g/mol. The first-order valence-corrected chi connectivity index (χ1v) is 4.99. The fourth-order valence-electron chi connectivity index (χ4n) is 2.72. The van der Waals surface area contributed by atoms with Gasteiger partial charge in [-0.25, -0.2) is 0 Å². The molecule has 0 aromatic heterocycles. The number of rotatable bonds is 1. The molecule has 2 heterocycles. The van der Waals surface area contributed by atoms with Gasteiger partial charge in [-0.05, 0) is 39.0 Å².